The molecule has 0 aromatic carbocycles. The maximum absolute atomic E-state index is 11.5. The van der Waals surface area contributed by atoms with Gasteiger partial charge in [0.15, 0.2) is 5.82 Å². The Hall–Kier alpha value is -2.24. The molecule has 6 heteroatoms. The summed E-state index contributed by atoms with van der Waals surface area (Å²) in [5, 5.41) is 6.38. The Morgan fingerprint density at radius 2 is 2.35 bits per heavy atom. The Morgan fingerprint density at radius 3 is 3.00 bits per heavy atom. The minimum Gasteiger partial charge on any atom is -0.350 e. The molecule has 88 valence electrons. The van der Waals surface area contributed by atoms with Crippen molar-refractivity contribution in [1.82, 2.24) is 20.4 Å². The van der Waals surface area contributed by atoms with Gasteiger partial charge >= 0.3 is 0 Å². The molecule has 17 heavy (non-hydrogen) atoms. The molecule has 0 aliphatic carbocycles. The molecule has 0 fully saturated rings. The van der Waals surface area contributed by atoms with E-state index >= 15 is 0 Å². The van der Waals surface area contributed by atoms with Gasteiger partial charge in [-0.1, -0.05) is 11.2 Å². The predicted molar refractivity (Wildman–Crippen MR) is 58.8 cm³/mol. The van der Waals surface area contributed by atoms with Crippen LogP contribution in [0.15, 0.2) is 28.9 Å². The van der Waals surface area contributed by atoms with Crippen LogP contribution in [-0.4, -0.2) is 21.0 Å². The quantitative estimate of drug-likeness (QED) is 0.836. The second-order valence-corrected chi connectivity index (χ2v) is 3.50. The van der Waals surface area contributed by atoms with Crippen molar-refractivity contribution in [3.63, 3.8) is 0 Å². The predicted octanol–water partition coefficient (Wildman–Crippen LogP) is 0.632. The summed E-state index contributed by atoms with van der Waals surface area (Å²) in [6, 6.07) is 5.54. The number of aryl methyl sites for hydroxylation is 1. The molecule has 0 saturated carbocycles. The molecule has 2 rings (SSSR count). The summed E-state index contributed by atoms with van der Waals surface area (Å²) in [5.74, 6) is 0.690. The summed E-state index contributed by atoms with van der Waals surface area (Å²) in [5.41, 5.74) is 0.810. The zero-order valence-corrected chi connectivity index (χ0v) is 9.38. The second kappa shape index (κ2) is 5.20. The van der Waals surface area contributed by atoms with Crippen molar-refractivity contribution in [3.8, 4) is 0 Å². The van der Waals surface area contributed by atoms with Gasteiger partial charge in [-0.2, -0.15) is 4.98 Å². The van der Waals surface area contributed by atoms with Gasteiger partial charge in [0.25, 0.3) is 0 Å². The lowest BCUT2D eigenvalue weighted by atomic mass is 10.3. The number of aromatic nitrogens is 3. The number of nitrogens with one attached hydrogen (secondary N) is 1. The molecule has 0 bridgehead atoms. The fourth-order valence-corrected chi connectivity index (χ4v) is 1.31. The van der Waals surface area contributed by atoms with Gasteiger partial charge in [-0.25, -0.2) is 0 Å². The van der Waals surface area contributed by atoms with E-state index in [2.05, 4.69) is 20.4 Å². The van der Waals surface area contributed by atoms with Gasteiger partial charge in [0, 0.05) is 13.1 Å². The normalized spacial score (nSPS) is 10.2. The molecule has 2 aromatic rings. The lowest BCUT2D eigenvalue weighted by Gasteiger charge is -2.02. The molecule has 1 amide bonds. The van der Waals surface area contributed by atoms with Crippen molar-refractivity contribution < 1.29 is 9.32 Å². The molecular weight excluding hydrogens is 220 g/mol. The Balaban J connectivity index is 1.82. The number of rotatable bonds is 4. The number of pyridine rings is 1. The van der Waals surface area contributed by atoms with E-state index in [4.69, 9.17) is 4.52 Å². The molecular formula is C11H12N4O2. The molecule has 2 aromatic heterocycles. The lowest BCUT2D eigenvalue weighted by Crippen LogP contribution is -2.25. The largest absolute Gasteiger partial charge is 0.350 e. The van der Waals surface area contributed by atoms with Crippen LogP contribution in [0.5, 0.6) is 0 Å². The van der Waals surface area contributed by atoms with Gasteiger partial charge < -0.3 is 9.84 Å². The average Bonchev–Trinajstić information content (AvgIpc) is 2.73. The number of nitrogens with zero attached hydrogens (tertiary/aromatic N) is 3. The molecule has 0 saturated heterocycles. The monoisotopic (exact) mass is 232 g/mol. The van der Waals surface area contributed by atoms with Crippen LogP contribution < -0.4 is 5.32 Å². The van der Waals surface area contributed by atoms with Crippen LogP contribution in [0.3, 0.4) is 0 Å². The highest BCUT2D eigenvalue weighted by Gasteiger charge is 2.08. The van der Waals surface area contributed by atoms with E-state index in [0.29, 0.717) is 18.3 Å². The Bertz CT molecular complexity index is 495. The van der Waals surface area contributed by atoms with E-state index < -0.39 is 0 Å². The maximum Gasteiger partial charge on any atom is 0.228 e. The number of hydrogen-bond acceptors (Lipinski definition) is 5. The number of hydrogen-bond donors (Lipinski definition) is 1. The fourth-order valence-electron chi connectivity index (χ4n) is 1.31. The highest BCUT2D eigenvalue weighted by atomic mass is 16.5. The molecule has 0 unspecified atom stereocenters. The van der Waals surface area contributed by atoms with Gasteiger partial charge in [-0.3, -0.25) is 9.78 Å². The van der Waals surface area contributed by atoms with E-state index in [1.807, 2.05) is 18.2 Å². The van der Waals surface area contributed by atoms with Gasteiger partial charge in [0.1, 0.15) is 0 Å². The first-order valence-electron chi connectivity index (χ1n) is 5.20. The first-order valence-corrected chi connectivity index (χ1v) is 5.20. The summed E-state index contributed by atoms with van der Waals surface area (Å²) >= 11 is 0. The summed E-state index contributed by atoms with van der Waals surface area (Å²) in [4.78, 5) is 19.6. The summed E-state index contributed by atoms with van der Waals surface area (Å²) in [7, 11) is 0. The molecule has 0 spiro atoms. The molecule has 2 heterocycles. The van der Waals surface area contributed by atoms with Crippen LogP contribution in [0, 0.1) is 6.92 Å². The van der Waals surface area contributed by atoms with Crippen LogP contribution in [0.4, 0.5) is 0 Å². The fraction of sp³-hybridized carbons (Fsp3) is 0.273. The van der Waals surface area contributed by atoms with Crippen LogP contribution in [0.25, 0.3) is 0 Å². The maximum atomic E-state index is 11.5. The lowest BCUT2D eigenvalue weighted by molar-refractivity contribution is -0.120. The van der Waals surface area contributed by atoms with E-state index in [9.17, 15) is 4.79 Å². The summed E-state index contributed by atoms with van der Waals surface area (Å²) in [6.45, 7) is 2.08. The van der Waals surface area contributed by atoms with Crippen molar-refractivity contribution in [2.45, 2.75) is 19.9 Å². The van der Waals surface area contributed by atoms with Crippen LogP contribution in [-0.2, 0) is 17.8 Å². The molecule has 0 radical (unpaired) electrons. The van der Waals surface area contributed by atoms with Gasteiger partial charge in [-0.15, -0.1) is 0 Å². The SMILES string of the molecule is Cc1nc(CC(=O)NCc2ccccn2)no1. The van der Waals surface area contributed by atoms with E-state index in [1.165, 1.54) is 0 Å². The van der Waals surface area contributed by atoms with Gasteiger partial charge in [0.05, 0.1) is 18.7 Å². The van der Waals surface area contributed by atoms with Gasteiger partial charge in [-0.05, 0) is 12.1 Å². The standard InChI is InChI=1S/C11H12N4O2/c1-8-14-10(15-17-8)6-11(16)13-7-9-4-2-3-5-12-9/h2-5H,6-7H2,1H3,(H,13,16). The second-order valence-electron chi connectivity index (χ2n) is 3.50. The van der Waals surface area contributed by atoms with E-state index in [-0.39, 0.29) is 12.3 Å². The smallest absolute Gasteiger partial charge is 0.228 e. The summed E-state index contributed by atoms with van der Waals surface area (Å²) in [6.07, 6.45) is 1.80. The van der Waals surface area contributed by atoms with E-state index in [1.54, 1.807) is 13.1 Å². The van der Waals surface area contributed by atoms with E-state index in [0.717, 1.165) is 5.69 Å². The number of carbonyl (C=O) groups excluding carboxylic acids is 1. The van der Waals surface area contributed by atoms with Gasteiger partial charge in [0.2, 0.25) is 11.8 Å². The first-order chi connectivity index (χ1) is 8.24. The minimum absolute atomic E-state index is 0.115. The molecule has 0 atom stereocenters. The highest BCUT2D eigenvalue weighted by molar-refractivity contribution is 5.77. The third-order valence-corrected chi connectivity index (χ3v) is 2.08. The molecule has 0 aliphatic rings. The van der Waals surface area contributed by atoms with Crippen LogP contribution in [0.1, 0.15) is 17.4 Å². The van der Waals surface area contributed by atoms with Crippen LogP contribution >= 0.6 is 0 Å². The highest BCUT2D eigenvalue weighted by Crippen LogP contribution is 1.97. The Kier molecular flexibility index (Phi) is 3.44. The summed E-state index contributed by atoms with van der Waals surface area (Å²) < 4.78 is 4.77. The molecule has 6 nitrogen and oxygen atoms in total. The van der Waals surface area contributed by atoms with Crippen molar-refractivity contribution in [1.29, 1.82) is 0 Å². The third-order valence-electron chi connectivity index (χ3n) is 2.08. The van der Waals surface area contributed by atoms with Crippen LogP contribution in [0.2, 0.25) is 0 Å². The third kappa shape index (κ3) is 3.37. The molecule has 0 aliphatic heterocycles. The Labute approximate surface area is 98.1 Å². The zero-order valence-electron chi connectivity index (χ0n) is 9.38. The van der Waals surface area contributed by atoms with Crippen molar-refractivity contribution in [2.24, 2.45) is 0 Å². The van der Waals surface area contributed by atoms with Crippen molar-refractivity contribution >= 4 is 5.91 Å². The Morgan fingerprint density at radius 1 is 1.47 bits per heavy atom. The average molecular weight is 232 g/mol. The molecule has 1 N–H and O–H groups in total. The topological polar surface area (TPSA) is 80.9 Å². The number of amides is 1. The number of carbonyl (C=O) groups is 1. The van der Waals surface area contributed by atoms with Crippen molar-refractivity contribution in [2.75, 3.05) is 0 Å². The first kappa shape index (κ1) is 11.3. The zero-order chi connectivity index (χ0) is 12.1. The minimum atomic E-state index is -0.156. The van der Waals surface area contributed by atoms with Crippen molar-refractivity contribution in [3.05, 3.63) is 41.8 Å².